The molecule has 0 bridgehead atoms. The lowest BCUT2D eigenvalue weighted by molar-refractivity contribution is -0.137. The zero-order chi connectivity index (χ0) is 50.4. The van der Waals surface area contributed by atoms with E-state index in [1.54, 1.807) is 13.8 Å². The molecule has 0 aliphatic heterocycles. The predicted octanol–water partition coefficient (Wildman–Crippen LogP) is 12.8. The average molecular weight is 1020 g/mol. The summed E-state index contributed by atoms with van der Waals surface area (Å²) < 4.78 is 81.5. The van der Waals surface area contributed by atoms with E-state index in [1.165, 1.54) is 48.5 Å². The molecule has 0 aliphatic carbocycles. The summed E-state index contributed by atoms with van der Waals surface area (Å²) in [5.41, 5.74) is -3.59. The molecule has 0 saturated carbocycles. The maximum Gasteiger partial charge on any atom is 0.418 e. The van der Waals surface area contributed by atoms with Crippen LogP contribution >= 0.6 is 46.4 Å². The summed E-state index contributed by atoms with van der Waals surface area (Å²) in [6, 6.07) is 11.9. The average Bonchev–Trinajstić information content (AvgIpc) is 3.23. The van der Waals surface area contributed by atoms with Gasteiger partial charge < -0.3 is 21.3 Å². The van der Waals surface area contributed by atoms with Crippen molar-refractivity contribution in [2.75, 3.05) is 21.3 Å². The maximum absolute atomic E-state index is 13.6. The van der Waals surface area contributed by atoms with Crippen LogP contribution in [0.15, 0.2) is 105 Å². The van der Waals surface area contributed by atoms with E-state index in [1.807, 2.05) is 0 Å². The number of nitrogens with zero attached hydrogens (tertiary/aromatic N) is 4. The highest BCUT2D eigenvalue weighted by atomic mass is 35.5. The van der Waals surface area contributed by atoms with E-state index in [2.05, 4.69) is 41.7 Å². The van der Waals surface area contributed by atoms with E-state index < -0.39 is 82.1 Å². The van der Waals surface area contributed by atoms with Gasteiger partial charge in [0.15, 0.2) is 11.6 Å². The van der Waals surface area contributed by atoms with Crippen LogP contribution in [0.5, 0.6) is 0 Å². The van der Waals surface area contributed by atoms with Gasteiger partial charge in [-0.15, -0.1) is 0 Å². The number of benzene rings is 5. The van der Waals surface area contributed by atoms with Crippen molar-refractivity contribution in [2.24, 2.45) is 20.5 Å². The molecule has 0 fully saturated rings. The van der Waals surface area contributed by atoms with E-state index in [4.69, 9.17) is 46.4 Å². The Balaban J connectivity index is 1.28. The highest BCUT2D eigenvalue weighted by molar-refractivity contribution is 6.37. The van der Waals surface area contributed by atoms with Crippen molar-refractivity contribution in [3.8, 4) is 0 Å². The molecular formula is C44H32Cl4F6N8O6. The summed E-state index contributed by atoms with van der Waals surface area (Å²) >= 11 is 24.5. The van der Waals surface area contributed by atoms with E-state index in [-0.39, 0.29) is 54.0 Å². The van der Waals surface area contributed by atoms with Gasteiger partial charge in [0.25, 0.3) is 23.6 Å². The number of hydrogen-bond donors (Lipinski definition) is 4. The summed E-state index contributed by atoms with van der Waals surface area (Å²) in [5, 5.41) is 23.9. The van der Waals surface area contributed by atoms with Gasteiger partial charge >= 0.3 is 12.4 Å². The monoisotopic (exact) mass is 1020 g/mol. The third-order valence-corrected chi connectivity index (χ3v) is 10.9. The van der Waals surface area contributed by atoms with Crippen molar-refractivity contribution in [3.63, 3.8) is 0 Å². The van der Waals surface area contributed by atoms with Gasteiger partial charge in [0, 0.05) is 21.4 Å². The van der Waals surface area contributed by atoms with Crippen molar-refractivity contribution in [2.45, 2.75) is 52.1 Å². The molecular weight excluding hydrogens is 992 g/mol. The number of azo groups is 2. The largest absolute Gasteiger partial charge is 0.418 e. The van der Waals surface area contributed by atoms with Crippen LogP contribution in [0.25, 0.3) is 0 Å². The molecule has 68 heavy (non-hydrogen) atoms. The number of ketones is 2. The van der Waals surface area contributed by atoms with Crippen molar-refractivity contribution in [3.05, 3.63) is 138 Å². The van der Waals surface area contributed by atoms with Crippen molar-refractivity contribution < 1.29 is 55.1 Å². The smallest absolute Gasteiger partial charge is 0.324 e. The van der Waals surface area contributed by atoms with Gasteiger partial charge in [-0.1, -0.05) is 58.5 Å². The molecule has 354 valence electrons. The number of carbonyl (C=O) groups is 6. The second-order valence-corrected chi connectivity index (χ2v) is 16.0. The summed E-state index contributed by atoms with van der Waals surface area (Å²) in [7, 11) is 0. The molecule has 0 heterocycles. The third-order valence-electron chi connectivity index (χ3n) is 9.65. The molecule has 2 atom stereocenters. The molecule has 0 spiro atoms. The molecule has 0 aliphatic rings. The lowest BCUT2D eigenvalue weighted by atomic mass is 10.0. The molecule has 0 radical (unpaired) electrons. The summed E-state index contributed by atoms with van der Waals surface area (Å²) in [6.45, 7) is 5.23. The standard InChI is InChI=1S/C44H32Cl4F6N8O6/c1-19-20(2)30(56-42(68)38(22(4)64)62-60-32-10-6-8-26(36(32)48)40(66)58-34-18-24(46)12-14-28(34)44(52,53)54)16-15-29(19)55-41(67)37(21(3)63)61-59-31-9-5-7-25(35(31)47)39(65)57-33-17-23(45)11-13-27(33)43(49,50)51/h5-18,37-38H,1-4H3,(H,55,67)(H,56,68)(H,57,65)(H,58,66). The van der Waals surface area contributed by atoms with Gasteiger partial charge in [-0.3, -0.25) is 28.8 Å². The number of carbonyl (C=O) groups excluding carboxylic acids is 6. The van der Waals surface area contributed by atoms with Crippen molar-refractivity contribution >= 4 is 116 Å². The van der Waals surface area contributed by atoms with Crippen LogP contribution in [0.2, 0.25) is 20.1 Å². The Bertz CT molecular complexity index is 2740. The van der Waals surface area contributed by atoms with Gasteiger partial charge in [0.05, 0.1) is 43.7 Å². The first-order chi connectivity index (χ1) is 31.8. The molecule has 4 amide bonds. The molecule has 4 N–H and O–H groups in total. The highest BCUT2D eigenvalue weighted by Gasteiger charge is 2.36. The molecule has 24 heteroatoms. The van der Waals surface area contributed by atoms with Crippen LogP contribution < -0.4 is 21.3 Å². The quantitative estimate of drug-likeness (QED) is 0.0484. The molecule has 0 saturated heterocycles. The number of amides is 4. The van der Waals surface area contributed by atoms with Gasteiger partial charge in [-0.2, -0.15) is 46.8 Å². The van der Waals surface area contributed by atoms with Crippen molar-refractivity contribution in [1.82, 2.24) is 0 Å². The minimum absolute atomic E-state index is 0.0856. The number of anilines is 4. The van der Waals surface area contributed by atoms with Crippen LogP contribution in [-0.4, -0.2) is 47.3 Å². The van der Waals surface area contributed by atoms with Gasteiger partial charge in [-0.25, -0.2) is 0 Å². The van der Waals surface area contributed by atoms with Crippen LogP contribution in [0.3, 0.4) is 0 Å². The Labute approximate surface area is 401 Å². The minimum Gasteiger partial charge on any atom is -0.324 e. The number of Topliss-reactive ketones (excluding diaryl/α,β-unsaturated/α-hetero) is 2. The maximum atomic E-state index is 13.6. The number of halogens is 10. The number of rotatable bonds is 14. The SMILES string of the molecule is CC(=O)C(N=Nc1cccc(C(=O)Nc2cc(Cl)ccc2C(F)(F)F)c1Cl)C(=O)Nc1ccc(NC(=O)C(N=Nc2cccc(C(=O)Nc3cc(Cl)ccc3C(F)(F)F)c2Cl)C(C)=O)c(C)c1C. The lowest BCUT2D eigenvalue weighted by Gasteiger charge is -2.17. The fourth-order valence-corrected chi connectivity index (χ4v) is 6.87. The summed E-state index contributed by atoms with van der Waals surface area (Å²) in [5.74, 6) is -5.58. The molecule has 5 aromatic carbocycles. The highest BCUT2D eigenvalue weighted by Crippen LogP contribution is 2.39. The summed E-state index contributed by atoms with van der Waals surface area (Å²) in [4.78, 5) is 78.1. The van der Waals surface area contributed by atoms with E-state index >= 15 is 0 Å². The van der Waals surface area contributed by atoms with Crippen LogP contribution in [0.4, 0.5) is 60.5 Å². The Morgan fingerprint density at radius 2 is 0.853 bits per heavy atom. The Hall–Kier alpha value is -6.74. The van der Waals surface area contributed by atoms with E-state index in [0.29, 0.717) is 23.3 Å². The van der Waals surface area contributed by atoms with Gasteiger partial charge in [0.2, 0.25) is 12.1 Å². The Kier molecular flexibility index (Phi) is 16.5. The predicted molar refractivity (Wildman–Crippen MR) is 243 cm³/mol. The number of hydrogen-bond acceptors (Lipinski definition) is 10. The normalized spacial score (nSPS) is 12.7. The second kappa shape index (κ2) is 21.5. The number of alkyl halides is 6. The van der Waals surface area contributed by atoms with Crippen LogP contribution in [0.1, 0.15) is 56.8 Å². The van der Waals surface area contributed by atoms with Crippen molar-refractivity contribution in [1.29, 1.82) is 0 Å². The first-order valence-electron chi connectivity index (χ1n) is 19.3. The lowest BCUT2D eigenvalue weighted by Crippen LogP contribution is -2.33. The number of nitrogens with one attached hydrogen (secondary N) is 4. The molecule has 5 aromatic rings. The molecule has 2 unspecified atom stereocenters. The Morgan fingerprint density at radius 3 is 1.18 bits per heavy atom. The first-order valence-corrected chi connectivity index (χ1v) is 20.8. The topological polar surface area (TPSA) is 200 Å². The zero-order valence-electron chi connectivity index (χ0n) is 35.3. The first kappa shape index (κ1) is 52.2. The summed E-state index contributed by atoms with van der Waals surface area (Å²) in [6.07, 6.45) is -9.67. The van der Waals surface area contributed by atoms with E-state index in [0.717, 1.165) is 38.1 Å². The fourth-order valence-electron chi connectivity index (χ4n) is 6.03. The zero-order valence-corrected chi connectivity index (χ0v) is 38.3. The molecule has 14 nitrogen and oxygen atoms in total. The van der Waals surface area contributed by atoms with Gasteiger partial charge in [0.1, 0.15) is 11.4 Å². The Morgan fingerprint density at radius 1 is 0.500 bits per heavy atom. The van der Waals surface area contributed by atoms with Gasteiger partial charge in [-0.05, 0) is 112 Å². The van der Waals surface area contributed by atoms with Crippen LogP contribution in [-0.2, 0) is 31.5 Å². The van der Waals surface area contributed by atoms with E-state index in [9.17, 15) is 55.1 Å². The minimum atomic E-state index is -4.83. The fraction of sp³-hybridized carbons (Fsp3) is 0.182. The van der Waals surface area contributed by atoms with Crippen LogP contribution in [0, 0.1) is 13.8 Å². The third kappa shape index (κ3) is 12.6. The second-order valence-electron chi connectivity index (χ2n) is 14.4. The molecule has 5 rings (SSSR count). The molecule has 0 aromatic heterocycles.